The van der Waals surface area contributed by atoms with Gasteiger partial charge in [-0.15, -0.1) is 0 Å². The number of nitrogens with zero attached hydrogens (tertiary/aromatic N) is 1. The fourth-order valence-electron chi connectivity index (χ4n) is 4.10. The predicted octanol–water partition coefficient (Wildman–Crippen LogP) is 2.47. The number of sulfone groups is 1. The highest BCUT2D eigenvalue weighted by Crippen LogP contribution is 2.37. The molecule has 2 saturated heterocycles. The van der Waals surface area contributed by atoms with Gasteiger partial charge in [-0.1, -0.05) is 18.2 Å². The summed E-state index contributed by atoms with van der Waals surface area (Å²) in [5, 5.41) is 3.42. The number of likely N-dealkylation sites (tertiary alicyclic amines) is 1. The van der Waals surface area contributed by atoms with Gasteiger partial charge in [0.05, 0.1) is 16.9 Å². The SMILES string of the molecule is O=C(c1occc1CS(=O)(=O)c1ccccc1)N1CCC2(CCNC2)CC1. The van der Waals surface area contributed by atoms with Crippen LogP contribution in [0.3, 0.4) is 0 Å². The fraction of sp³-hybridized carbons (Fsp3) is 0.450. The Morgan fingerprint density at radius 3 is 2.52 bits per heavy atom. The quantitative estimate of drug-likeness (QED) is 0.870. The van der Waals surface area contributed by atoms with Crippen molar-refractivity contribution in [1.82, 2.24) is 10.2 Å². The molecule has 7 heteroatoms. The van der Waals surface area contributed by atoms with Gasteiger partial charge >= 0.3 is 0 Å². The van der Waals surface area contributed by atoms with Crippen molar-refractivity contribution in [2.75, 3.05) is 26.2 Å². The summed E-state index contributed by atoms with van der Waals surface area (Å²) in [4.78, 5) is 15.0. The normalized spacial score (nSPS) is 19.5. The first-order chi connectivity index (χ1) is 13.0. The van der Waals surface area contributed by atoms with Crippen LogP contribution in [0.15, 0.2) is 52.0 Å². The van der Waals surface area contributed by atoms with Crippen LogP contribution >= 0.6 is 0 Å². The number of hydrogen-bond acceptors (Lipinski definition) is 5. The van der Waals surface area contributed by atoms with E-state index in [1.165, 1.54) is 6.26 Å². The number of furan rings is 1. The summed E-state index contributed by atoms with van der Waals surface area (Å²) >= 11 is 0. The molecular weight excluding hydrogens is 364 g/mol. The lowest BCUT2D eigenvalue weighted by atomic mass is 9.78. The minimum atomic E-state index is -3.53. The Labute approximate surface area is 159 Å². The summed E-state index contributed by atoms with van der Waals surface area (Å²) in [5.41, 5.74) is 0.742. The number of carbonyl (C=O) groups excluding carboxylic acids is 1. The number of piperidine rings is 1. The lowest BCUT2D eigenvalue weighted by Gasteiger charge is -2.38. The van der Waals surface area contributed by atoms with Gasteiger partial charge in [0.2, 0.25) is 0 Å². The van der Waals surface area contributed by atoms with Crippen LogP contribution in [0.5, 0.6) is 0 Å². The number of carbonyl (C=O) groups is 1. The van der Waals surface area contributed by atoms with E-state index in [4.69, 9.17) is 4.42 Å². The molecule has 0 atom stereocenters. The summed E-state index contributed by atoms with van der Waals surface area (Å²) in [7, 11) is -3.53. The van der Waals surface area contributed by atoms with E-state index in [1.54, 1.807) is 41.3 Å². The Balaban J connectivity index is 1.48. The van der Waals surface area contributed by atoms with Crippen LogP contribution in [0, 0.1) is 5.41 Å². The van der Waals surface area contributed by atoms with E-state index in [9.17, 15) is 13.2 Å². The van der Waals surface area contributed by atoms with Gasteiger partial charge in [0.25, 0.3) is 5.91 Å². The summed E-state index contributed by atoms with van der Waals surface area (Å²) in [6, 6.07) is 9.87. The molecule has 0 bridgehead atoms. The van der Waals surface area contributed by atoms with E-state index < -0.39 is 9.84 Å². The monoisotopic (exact) mass is 388 g/mol. The van der Waals surface area contributed by atoms with E-state index in [1.807, 2.05) is 0 Å². The Bertz CT molecular complexity index is 904. The maximum atomic E-state index is 12.9. The summed E-state index contributed by atoms with van der Waals surface area (Å²) in [5.74, 6) is -0.301. The molecule has 0 aliphatic carbocycles. The zero-order valence-corrected chi connectivity index (χ0v) is 16.0. The van der Waals surface area contributed by atoms with Crippen molar-refractivity contribution in [2.45, 2.75) is 29.9 Å². The molecule has 1 aromatic heterocycles. The fourth-order valence-corrected chi connectivity index (χ4v) is 5.48. The smallest absolute Gasteiger partial charge is 0.289 e. The first-order valence-electron chi connectivity index (χ1n) is 9.33. The second-order valence-corrected chi connectivity index (χ2v) is 9.56. The lowest BCUT2D eigenvalue weighted by Crippen LogP contribution is -2.44. The molecule has 2 aliphatic rings. The van der Waals surface area contributed by atoms with Crippen molar-refractivity contribution >= 4 is 15.7 Å². The van der Waals surface area contributed by atoms with Crippen LogP contribution in [-0.2, 0) is 15.6 Å². The minimum absolute atomic E-state index is 0.148. The van der Waals surface area contributed by atoms with Gasteiger partial charge in [-0.25, -0.2) is 8.42 Å². The number of nitrogens with one attached hydrogen (secondary N) is 1. The highest BCUT2D eigenvalue weighted by molar-refractivity contribution is 7.90. The minimum Gasteiger partial charge on any atom is -0.459 e. The first-order valence-corrected chi connectivity index (χ1v) is 11.0. The molecule has 2 aromatic rings. The molecule has 0 radical (unpaired) electrons. The molecule has 27 heavy (non-hydrogen) atoms. The largest absolute Gasteiger partial charge is 0.459 e. The Hall–Kier alpha value is -2.12. The summed E-state index contributed by atoms with van der Waals surface area (Å²) < 4.78 is 30.7. The average Bonchev–Trinajstić information content (AvgIpc) is 3.32. The maximum absolute atomic E-state index is 12.9. The van der Waals surface area contributed by atoms with Gasteiger partial charge in [0.1, 0.15) is 0 Å². The van der Waals surface area contributed by atoms with Crippen molar-refractivity contribution in [3.63, 3.8) is 0 Å². The van der Waals surface area contributed by atoms with E-state index in [2.05, 4.69) is 5.32 Å². The molecule has 0 unspecified atom stereocenters. The van der Waals surface area contributed by atoms with E-state index >= 15 is 0 Å². The molecule has 2 fully saturated rings. The van der Waals surface area contributed by atoms with Gasteiger partial charge in [-0.3, -0.25) is 4.79 Å². The van der Waals surface area contributed by atoms with Gasteiger partial charge in [0, 0.05) is 25.2 Å². The van der Waals surface area contributed by atoms with Crippen LogP contribution < -0.4 is 5.32 Å². The zero-order chi connectivity index (χ0) is 18.9. The Kier molecular flexibility index (Phi) is 4.82. The lowest BCUT2D eigenvalue weighted by molar-refractivity contribution is 0.0576. The van der Waals surface area contributed by atoms with E-state index in [0.717, 1.165) is 32.4 Å². The van der Waals surface area contributed by atoms with E-state index in [0.29, 0.717) is 24.1 Å². The van der Waals surface area contributed by atoms with Gasteiger partial charge in [0.15, 0.2) is 15.6 Å². The highest BCUT2D eigenvalue weighted by atomic mass is 32.2. The Morgan fingerprint density at radius 2 is 1.85 bits per heavy atom. The molecular formula is C20H24N2O4S. The maximum Gasteiger partial charge on any atom is 0.289 e. The van der Waals surface area contributed by atoms with Gasteiger partial charge in [-0.05, 0) is 49.4 Å². The predicted molar refractivity (Wildman–Crippen MR) is 101 cm³/mol. The molecule has 0 saturated carbocycles. The van der Waals surface area contributed by atoms with Crippen molar-refractivity contribution in [3.8, 4) is 0 Å². The van der Waals surface area contributed by atoms with Crippen LogP contribution in [-0.4, -0.2) is 45.4 Å². The second kappa shape index (κ2) is 7.13. The number of hydrogen-bond donors (Lipinski definition) is 1. The van der Waals surface area contributed by atoms with Crippen molar-refractivity contribution in [3.05, 3.63) is 54.0 Å². The highest BCUT2D eigenvalue weighted by Gasteiger charge is 2.39. The number of rotatable bonds is 4. The summed E-state index contributed by atoms with van der Waals surface area (Å²) in [6.45, 7) is 3.45. The van der Waals surface area contributed by atoms with E-state index in [-0.39, 0.29) is 22.3 Å². The van der Waals surface area contributed by atoms with Crippen molar-refractivity contribution in [1.29, 1.82) is 0 Å². The molecule has 4 rings (SSSR count). The molecule has 144 valence electrons. The molecule has 1 N–H and O–H groups in total. The van der Waals surface area contributed by atoms with Crippen molar-refractivity contribution in [2.24, 2.45) is 5.41 Å². The van der Waals surface area contributed by atoms with Crippen LogP contribution in [0.25, 0.3) is 0 Å². The van der Waals surface area contributed by atoms with Gasteiger partial charge < -0.3 is 14.6 Å². The third-order valence-corrected chi connectivity index (χ3v) is 7.51. The molecule has 2 aliphatic heterocycles. The second-order valence-electron chi connectivity index (χ2n) is 7.57. The molecule has 1 aromatic carbocycles. The van der Waals surface area contributed by atoms with Crippen LogP contribution in [0.2, 0.25) is 0 Å². The third kappa shape index (κ3) is 3.66. The van der Waals surface area contributed by atoms with Crippen molar-refractivity contribution < 1.29 is 17.6 Å². The molecule has 1 spiro atoms. The number of benzene rings is 1. The standard InChI is InChI=1S/C20H24N2O4S/c23-19(22-11-8-20(9-12-22)7-10-21-15-20)18-16(6-13-26-18)14-27(24,25)17-4-2-1-3-5-17/h1-6,13,21H,7-12,14-15H2. The Morgan fingerprint density at radius 1 is 1.11 bits per heavy atom. The summed E-state index contributed by atoms with van der Waals surface area (Å²) in [6.07, 6.45) is 4.51. The number of amides is 1. The van der Waals surface area contributed by atoms with Crippen LogP contribution in [0.1, 0.15) is 35.4 Å². The molecule has 6 nitrogen and oxygen atoms in total. The third-order valence-electron chi connectivity index (χ3n) is 5.83. The van der Waals surface area contributed by atoms with Gasteiger partial charge in [-0.2, -0.15) is 0 Å². The zero-order valence-electron chi connectivity index (χ0n) is 15.2. The topological polar surface area (TPSA) is 79.6 Å². The molecule has 1 amide bonds. The molecule has 3 heterocycles. The van der Waals surface area contributed by atoms with Crippen LogP contribution in [0.4, 0.5) is 0 Å². The first kappa shape index (κ1) is 18.3. The average molecular weight is 388 g/mol.